The molecule has 0 unspecified atom stereocenters. The molecular formula is C12H21N3O. The Labute approximate surface area is 97.6 Å². The minimum atomic E-state index is 0.859. The van der Waals surface area contributed by atoms with E-state index in [0.717, 1.165) is 30.2 Å². The number of hydrogen-bond acceptors (Lipinski definition) is 4. The summed E-state index contributed by atoms with van der Waals surface area (Å²) < 4.78 is 5.29. The normalized spacial score (nSPS) is 10.3. The van der Waals surface area contributed by atoms with Crippen molar-refractivity contribution in [2.45, 2.75) is 0 Å². The van der Waals surface area contributed by atoms with Crippen molar-refractivity contribution in [3.05, 3.63) is 18.2 Å². The summed E-state index contributed by atoms with van der Waals surface area (Å²) in [5.41, 5.74) is 2.08. The Hall–Kier alpha value is -1.42. The Morgan fingerprint density at radius 1 is 1.31 bits per heavy atom. The van der Waals surface area contributed by atoms with Crippen LogP contribution in [0.15, 0.2) is 18.2 Å². The first-order chi connectivity index (χ1) is 7.67. The monoisotopic (exact) mass is 223 g/mol. The summed E-state index contributed by atoms with van der Waals surface area (Å²) in [5.74, 6) is 0.859. The highest BCUT2D eigenvalue weighted by molar-refractivity contribution is 5.63. The number of likely N-dealkylation sites (N-methyl/N-ethyl adjacent to an activating group) is 1. The van der Waals surface area contributed by atoms with E-state index in [9.17, 15) is 0 Å². The molecule has 16 heavy (non-hydrogen) atoms. The van der Waals surface area contributed by atoms with Gasteiger partial charge < -0.3 is 20.3 Å². The highest BCUT2D eigenvalue weighted by Gasteiger charge is 2.02. The van der Waals surface area contributed by atoms with Gasteiger partial charge in [0.25, 0.3) is 0 Å². The molecule has 0 fully saturated rings. The standard InChI is InChI=1S/C12H21N3O/c1-13-11-6-5-10(9-12(11)16-4)14-7-8-15(2)3/h5-6,9,13-14H,7-8H2,1-4H3. The van der Waals surface area contributed by atoms with Gasteiger partial charge in [0.05, 0.1) is 12.8 Å². The Morgan fingerprint density at radius 2 is 2.06 bits per heavy atom. The molecule has 4 heteroatoms. The maximum atomic E-state index is 5.29. The maximum Gasteiger partial charge on any atom is 0.143 e. The van der Waals surface area contributed by atoms with Crippen molar-refractivity contribution < 1.29 is 4.74 Å². The van der Waals surface area contributed by atoms with Crippen LogP contribution in [-0.2, 0) is 0 Å². The molecule has 1 aromatic carbocycles. The van der Waals surface area contributed by atoms with Crippen LogP contribution in [0.4, 0.5) is 11.4 Å². The molecule has 0 amide bonds. The zero-order chi connectivity index (χ0) is 12.0. The van der Waals surface area contributed by atoms with Gasteiger partial charge >= 0.3 is 0 Å². The summed E-state index contributed by atoms with van der Waals surface area (Å²) in [6.07, 6.45) is 0. The first-order valence-corrected chi connectivity index (χ1v) is 5.41. The molecule has 4 nitrogen and oxygen atoms in total. The number of rotatable bonds is 6. The fourth-order valence-electron chi connectivity index (χ4n) is 1.43. The molecule has 0 aliphatic carbocycles. The van der Waals surface area contributed by atoms with Gasteiger partial charge in [0.1, 0.15) is 5.75 Å². The topological polar surface area (TPSA) is 36.5 Å². The van der Waals surface area contributed by atoms with Crippen molar-refractivity contribution in [2.24, 2.45) is 0 Å². The molecule has 0 spiro atoms. The quantitative estimate of drug-likeness (QED) is 0.770. The number of nitrogens with one attached hydrogen (secondary N) is 2. The Balaban J connectivity index is 2.60. The molecule has 0 radical (unpaired) electrons. The predicted molar refractivity (Wildman–Crippen MR) is 69.6 cm³/mol. The minimum Gasteiger partial charge on any atom is -0.495 e. The number of nitrogens with zero attached hydrogens (tertiary/aromatic N) is 1. The number of methoxy groups -OCH3 is 1. The molecule has 90 valence electrons. The van der Waals surface area contributed by atoms with Crippen molar-refractivity contribution in [1.82, 2.24) is 4.90 Å². The lowest BCUT2D eigenvalue weighted by atomic mass is 10.2. The first kappa shape index (κ1) is 12.6. The van der Waals surface area contributed by atoms with Crippen LogP contribution in [0, 0.1) is 0 Å². The largest absolute Gasteiger partial charge is 0.495 e. The number of anilines is 2. The molecule has 0 bridgehead atoms. The van der Waals surface area contributed by atoms with Gasteiger partial charge in [0.15, 0.2) is 0 Å². The van der Waals surface area contributed by atoms with Gasteiger partial charge in [-0.25, -0.2) is 0 Å². The molecular weight excluding hydrogens is 202 g/mol. The highest BCUT2D eigenvalue weighted by Crippen LogP contribution is 2.27. The fourth-order valence-corrected chi connectivity index (χ4v) is 1.43. The lowest BCUT2D eigenvalue weighted by Gasteiger charge is -2.13. The second kappa shape index (κ2) is 6.23. The zero-order valence-corrected chi connectivity index (χ0v) is 10.5. The van der Waals surface area contributed by atoms with E-state index in [1.54, 1.807) is 7.11 Å². The lowest BCUT2D eigenvalue weighted by molar-refractivity contribution is 0.416. The van der Waals surface area contributed by atoms with E-state index < -0.39 is 0 Å². The molecule has 1 aromatic rings. The minimum absolute atomic E-state index is 0.859. The molecule has 0 saturated carbocycles. The van der Waals surface area contributed by atoms with Crippen molar-refractivity contribution in [2.75, 3.05) is 52.0 Å². The van der Waals surface area contributed by atoms with Crippen LogP contribution in [-0.4, -0.2) is 46.2 Å². The second-order valence-electron chi connectivity index (χ2n) is 3.90. The van der Waals surface area contributed by atoms with Crippen LogP contribution in [0.1, 0.15) is 0 Å². The first-order valence-electron chi connectivity index (χ1n) is 5.41. The predicted octanol–water partition coefficient (Wildman–Crippen LogP) is 1.71. The molecule has 0 aliphatic heterocycles. The number of ether oxygens (including phenoxy) is 1. The van der Waals surface area contributed by atoms with Crippen LogP contribution in [0.25, 0.3) is 0 Å². The average molecular weight is 223 g/mol. The molecule has 1 rings (SSSR count). The van der Waals surface area contributed by atoms with E-state index in [2.05, 4.69) is 29.6 Å². The van der Waals surface area contributed by atoms with Crippen LogP contribution in [0.2, 0.25) is 0 Å². The molecule has 0 heterocycles. The van der Waals surface area contributed by atoms with Crippen molar-refractivity contribution in [3.8, 4) is 5.75 Å². The van der Waals surface area contributed by atoms with E-state index in [1.165, 1.54) is 0 Å². The maximum absolute atomic E-state index is 5.29. The van der Waals surface area contributed by atoms with Crippen LogP contribution in [0.5, 0.6) is 5.75 Å². The molecule has 0 aliphatic rings. The van der Waals surface area contributed by atoms with Gasteiger partial charge in [0.2, 0.25) is 0 Å². The van der Waals surface area contributed by atoms with Crippen molar-refractivity contribution in [3.63, 3.8) is 0 Å². The third kappa shape index (κ3) is 3.62. The summed E-state index contributed by atoms with van der Waals surface area (Å²) in [6.45, 7) is 1.94. The van der Waals surface area contributed by atoms with E-state index in [4.69, 9.17) is 4.74 Å². The third-order valence-electron chi connectivity index (χ3n) is 2.36. The summed E-state index contributed by atoms with van der Waals surface area (Å²) in [4.78, 5) is 2.15. The zero-order valence-electron chi connectivity index (χ0n) is 10.5. The van der Waals surface area contributed by atoms with Gasteiger partial charge in [-0.15, -0.1) is 0 Å². The summed E-state index contributed by atoms with van der Waals surface area (Å²) in [5, 5.41) is 6.44. The van der Waals surface area contributed by atoms with Crippen molar-refractivity contribution in [1.29, 1.82) is 0 Å². The Kier molecular flexibility index (Phi) is 4.92. The van der Waals surface area contributed by atoms with Gasteiger partial charge in [-0.1, -0.05) is 0 Å². The third-order valence-corrected chi connectivity index (χ3v) is 2.36. The lowest BCUT2D eigenvalue weighted by Crippen LogP contribution is -2.20. The molecule has 0 saturated heterocycles. The molecule has 0 atom stereocenters. The van der Waals surface area contributed by atoms with Gasteiger partial charge in [-0.05, 0) is 26.2 Å². The van der Waals surface area contributed by atoms with Crippen molar-refractivity contribution >= 4 is 11.4 Å². The van der Waals surface area contributed by atoms with E-state index in [0.29, 0.717) is 0 Å². The summed E-state index contributed by atoms with van der Waals surface area (Å²) >= 11 is 0. The van der Waals surface area contributed by atoms with Gasteiger partial charge in [0, 0.05) is 31.9 Å². The Morgan fingerprint density at radius 3 is 2.62 bits per heavy atom. The average Bonchev–Trinajstić information content (AvgIpc) is 2.28. The van der Waals surface area contributed by atoms with Crippen LogP contribution in [0.3, 0.4) is 0 Å². The second-order valence-corrected chi connectivity index (χ2v) is 3.90. The summed E-state index contributed by atoms with van der Waals surface area (Å²) in [6, 6.07) is 6.06. The summed E-state index contributed by atoms with van der Waals surface area (Å²) in [7, 11) is 7.69. The SMILES string of the molecule is CNc1ccc(NCCN(C)C)cc1OC. The van der Waals surface area contributed by atoms with E-state index in [-0.39, 0.29) is 0 Å². The molecule has 0 aromatic heterocycles. The smallest absolute Gasteiger partial charge is 0.143 e. The number of hydrogen-bond donors (Lipinski definition) is 2. The fraction of sp³-hybridized carbons (Fsp3) is 0.500. The Bertz CT molecular complexity index is 326. The van der Waals surface area contributed by atoms with Gasteiger partial charge in [-0.2, -0.15) is 0 Å². The van der Waals surface area contributed by atoms with E-state index in [1.807, 2.05) is 25.2 Å². The van der Waals surface area contributed by atoms with Crippen LogP contribution >= 0.6 is 0 Å². The number of benzene rings is 1. The van der Waals surface area contributed by atoms with Gasteiger partial charge in [-0.3, -0.25) is 0 Å². The highest BCUT2D eigenvalue weighted by atomic mass is 16.5. The van der Waals surface area contributed by atoms with E-state index >= 15 is 0 Å². The van der Waals surface area contributed by atoms with Crippen LogP contribution < -0.4 is 15.4 Å². The molecule has 2 N–H and O–H groups in total.